The van der Waals surface area contributed by atoms with E-state index >= 15 is 0 Å². The van der Waals surface area contributed by atoms with Crippen molar-refractivity contribution in [2.24, 2.45) is 7.05 Å². The molecule has 0 bridgehead atoms. The van der Waals surface area contributed by atoms with Crippen LogP contribution in [0.25, 0.3) is 0 Å². The molecule has 0 amide bonds. The molecule has 31 heavy (non-hydrogen) atoms. The summed E-state index contributed by atoms with van der Waals surface area (Å²) in [7, 11) is 1.99. The number of imidazole rings is 1. The van der Waals surface area contributed by atoms with Crippen LogP contribution in [-0.4, -0.2) is 54.6 Å². The lowest BCUT2D eigenvalue weighted by Crippen LogP contribution is -2.52. The Balaban J connectivity index is 1.67. The predicted molar refractivity (Wildman–Crippen MR) is 123 cm³/mol. The topological polar surface area (TPSA) is 68.4 Å². The predicted octanol–water partition coefficient (Wildman–Crippen LogP) is 2.55. The maximum atomic E-state index is 13.5. The maximum Gasteiger partial charge on any atom is 0.173 e. The highest BCUT2D eigenvalue weighted by molar-refractivity contribution is 7.80. The Kier molecular flexibility index (Phi) is 6.37. The number of nitriles is 1. The van der Waals surface area contributed by atoms with Crippen molar-refractivity contribution in [3.8, 4) is 6.07 Å². The average molecular weight is 437 g/mol. The number of benzene rings is 1. The summed E-state index contributed by atoms with van der Waals surface area (Å²) in [6, 6.07) is 8.16. The highest BCUT2D eigenvalue weighted by atomic mass is 32.2. The molecule has 2 aliphatic rings. The number of anilines is 1. The van der Waals surface area contributed by atoms with Crippen LogP contribution < -0.4 is 4.90 Å². The van der Waals surface area contributed by atoms with E-state index in [-0.39, 0.29) is 6.04 Å². The second kappa shape index (κ2) is 9.18. The van der Waals surface area contributed by atoms with Gasteiger partial charge >= 0.3 is 0 Å². The standard InChI is InChI=1S/C23H28N6OS/c1-18(2)14-29(31(30)28-8-4-5-9-28)21-11-20-10-19(12-24)6-7-23(20)27(15-21)16-22-13-25-17-26(22)3/h4-7,10,13,17,21H,1,8-9,11,14-16H2,2-3H3. The van der Waals surface area contributed by atoms with Gasteiger partial charge in [0.25, 0.3) is 0 Å². The molecule has 0 spiro atoms. The summed E-state index contributed by atoms with van der Waals surface area (Å²) >= 11 is -1.26. The van der Waals surface area contributed by atoms with Crippen LogP contribution in [0.3, 0.4) is 0 Å². The van der Waals surface area contributed by atoms with E-state index in [1.807, 2.05) is 47.2 Å². The molecule has 0 N–H and O–H groups in total. The van der Waals surface area contributed by atoms with Crippen molar-refractivity contribution >= 4 is 16.9 Å². The Morgan fingerprint density at radius 2 is 2.16 bits per heavy atom. The fourth-order valence-corrected chi connectivity index (χ4v) is 5.64. The lowest BCUT2D eigenvalue weighted by atomic mass is 9.95. The second-order valence-corrected chi connectivity index (χ2v) is 9.72. The van der Waals surface area contributed by atoms with Crippen molar-refractivity contribution in [2.75, 3.05) is 31.1 Å². The van der Waals surface area contributed by atoms with Gasteiger partial charge in [0.15, 0.2) is 11.2 Å². The van der Waals surface area contributed by atoms with E-state index in [2.05, 4.69) is 39.0 Å². The van der Waals surface area contributed by atoms with Gasteiger partial charge in [-0.1, -0.05) is 24.3 Å². The number of fused-ring (bicyclic) bond motifs is 1. The quantitative estimate of drug-likeness (QED) is 0.626. The van der Waals surface area contributed by atoms with Crippen LogP contribution in [0.4, 0.5) is 5.69 Å². The van der Waals surface area contributed by atoms with Crippen molar-refractivity contribution in [1.82, 2.24) is 18.2 Å². The zero-order valence-electron chi connectivity index (χ0n) is 18.1. The third kappa shape index (κ3) is 4.64. The van der Waals surface area contributed by atoms with Gasteiger partial charge in [-0.3, -0.25) is 0 Å². The molecular formula is C23H28N6OS. The first kappa shape index (κ1) is 21.5. The molecule has 0 saturated heterocycles. The van der Waals surface area contributed by atoms with Gasteiger partial charge in [-0.2, -0.15) is 5.26 Å². The fourth-order valence-electron chi connectivity index (χ4n) is 4.19. The van der Waals surface area contributed by atoms with Crippen LogP contribution in [0, 0.1) is 11.3 Å². The van der Waals surface area contributed by atoms with Crippen molar-refractivity contribution in [2.45, 2.75) is 25.9 Å². The zero-order valence-corrected chi connectivity index (χ0v) is 18.9. The maximum absolute atomic E-state index is 13.5. The van der Waals surface area contributed by atoms with Crippen LogP contribution in [-0.2, 0) is 31.2 Å². The summed E-state index contributed by atoms with van der Waals surface area (Å²) in [6.45, 7) is 9.46. The molecular weight excluding hydrogens is 408 g/mol. The highest BCUT2D eigenvalue weighted by Crippen LogP contribution is 2.32. The number of nitrogens with zero attached hydrogens (tertiary/aromatic N) is 6. The van der Waals surface area contributed by atoms with E-state index < -0.39 is 11.2 Å². The molecule has 2 aliphatic heterocycles. The van der Waals surface area contributed by atoms with Gasteiger partial charge in [-0.15, -0.1) is 0 Å². The van der Waals surface area contributed by atoms with E-state index in [0.29, 0.717) is 31.7 Å². The normalized spacial score (nSPS) is 19.4. The van der Waals surface area contributed by atoms with Crippen LogP contribution in [0.2, 0.25) is 0 Å². The Morgan fingerprint density at radius 1 is 1.39 bits per heavy atom. The van der Waals surface area contributed by atoms with E-state index in [0.717, 1.165) is 35.5 Å². The zero-order chi connectivity index (χ0) is 22.0. The molecule has 1 aromatic heterocycles. The van der Waals surface area contributed by atoms with Gasteiger partial charge in [-0.05, 0) is 37.1 Å². The molecule has 3 heterocycles. The molecule has 1 aromatic carbocycles. The minimum Gasteiger partial charge on any atom is -0.364 e. The molecule has 2 aromatic rings. The van der Waals surface area contributed by atoms with Gasteiger partial charge in [-0.25, -0.2) is 17.8 Å². The van der Waals surface area contributed by atoms with Gasteiger partial charge in [0, 0.05) is 51.2 Å². The molecule has 4 rings (SSSR count). The van der Waals surface area contributed by atoms with Crippen LogP contribution >= 0.6 is 0 Å². The summed E-state index contributed by atoms with van der Waals surface area (Å²) in [5, 5.41) is 9.42. The molecule has 162 valence electrons. The Bertz CT molecular complexity index is 1060. The first-order valence-corrected chi connectivity index (χ1v) is 11.5. The smallest absolute Gasteiger partial charge is 0.173 e. The third-order valence-corrected chi connectivity index (χ3v) is 7.31. The van der Waals surface area contributed by atoms with Gasteiger partial charge in [0.05, 0.1) is 30.2 Å². The fraction of sp³-hybridized carbons (Fsp3) is 0.391. The second-order valence-electron chi connectivity index (χ2n) is 8.27. The third-order valence-electron chi connectivity index (χ3n) is 5.74. The van der Waals surface area contributed by atoms with Crippen molar-refractivity contribution in [3.05, 3.63) is 71.8 Å². The SMILES string of the molecule is C=C(C)CN(C1Cc2cc(C#N)ccc2N(Cc2cncn2C)C1)S(=O)N1CC=CC1. The molecule has 0 saturated carbocycles. The summed E-state index contributed by atoms with van der Waals surface area (Å²) in [5.41, 5.74) is 4.97. The van der Waals surface area contributed by atoms with E-state index in [9.17, 15) is 9.47 Å². The van der Waals surface area contributed by atoms with Gasteiger partial charge in [0.1, 0.15) is 0 Å². The van der Waals surface area contributed by atoms with E-state index in [1.165, 1.54) is 0 Å². The van der Waals surface area contributed by atoms with E-state index in [1.54, 1.807) is 6.33 Å². The molecule has 0 fully saturated rings. The average Bonchev–Trinajstić information content (AvgIpc) is 3.43. The van der Waals surface area contributed by atoms with Gasteiger partial charge in [0.2, 0.25) is 0 Å². The summed E-state index contributed by atoms with van der Waals surface area (Å²) in [6.07, 6.45) is 8.54. The molecule has 2 unspecified atom stereocenters. The first-order valence-electron chi connectivity index (χ1n) is 10.4. The number of hydrogen-bond donors (Lipinski definition) is 0. The Labute approximate surface area is 186 Å². The Hall–Kier alpha value is -2.73. The molecule has 8 heteroatoms. The number of rotatable bonds is 7. The summed E-state index contributed by atoms with van der Waals surface area (Å²) in [4.78, 5) is 6.57. The Morgan fingerprint density at radius 3 is 2.81 bits per heavy atom. The summed E-state index contributed by atoms with van der Waals surface area (Å²) < 4.78 is 19.5. The number of aromatic nitrogens is 2. The monoisotopic (exact) mass is 436 g/mol. The highest BCUT2D eigenvalue weighted by Gasteiger charge is 2.34. The minimum absolute atomic E-state index is 0.0350. The van der Waals surface area contributed by atoms with Crippen LogP contribution in [0.5, 0.6) is 0 Å². The minimum atomic E-state index is -1.26. The molecule has 2 atom stereocenters. The lowest BCUT2D eigenvalue weighted by molar-refractivity contribution is 0.325. The molecule has 7 nitrogen and oxygen atoms in total. The van der Waals surface area contributed by atoms with Crippen molar-refractivity contribution < 1.29 is 4.21 Å². The van der Waals surface area contributed by atoms with Crippen LogP contribution in [0.15, 0.2) is 55.0 Å². The van der Waals surface area contributed by atoms with Crippen LogP contribution in [0.1, 0.15) is 23.7 Å². The number of hydrogen-bond acceptors (Lipinski definition) is 4. The lowest BCUT2D eigenvalue weighted by Gasteiger charge is -2.41. The summed E-state index contributed by atoms with van der Waals surface area (Å²) in [5.74, 6) is 0. The first-order chi connectivity index (χ1) is 15.0. The molecule has 0 radical (unpaired) electrons. The van der Waals surface area contributed by atoms with E-state index in [4.69, 9.17) is 0 Å². The largest absolute Gasteiger partial charge is 0.364 e. The van der Waals surface area contributed by atoms with Gasteiger partial charge < -0.3 is 9.47 Å². The van der Waals surface area contributed by atoms with Crippen molar-refractivity contribution in [3.63, 3.8) is 0 Å². The number of aryl methyl sites for hydroxylation is 1. The molecule has 0 aliphatic carbocycles. The van der Waals surface area contributed by atoms with Crippen molar-refractivity contribution in [1.29, 1.82) is 5.26 Å².